The van der Waals surface area contributed by atoms with Gasteiger partial charge in [-0.3, -0.25) is 0 Å². The molecule has 1 aromatic heterocycles. The normalized spacial score (nSPS) is 13.5. The predicted molar refractivity (Wildman–Crippen MR) is 99.6 cm³/mol. The second-order valence-corrected chi connectivity index (χ2v) is 6.74. The first-order valence-corrected chi connectivity index (χ1v) is 8.81. The van der Waals surface area contributed by atoms with Crippen molar-refractivity contribution >= 4 is 5.95 Å². The van der Waals surface area contributed by atoms with Gasteiger partial charge in [-0.25, -0.2) is 4.39 Å². The molecule has 4 rings (SSSR count). The Morgan fingerprint density at radius 1 is 1.15 bits per heavy atom. The van der Waals surface area contributed by atoms with Crippen LogP contribution in [0.15, 0.2) is 36.4 Å². The number of hydrogen-bond acceptors (Lipinski definition) is 5. The van der Waals surface area contributed by atoms with Crippen molar-refractivity contribution in [3.63, 3.8) is 0 Å². The highest BCUT2D eigenvalue weighted by atomic mass is 19.1. The van der Waals surface area contributed by atoms with Gasteiger partial charge in [-0.1, -0.05) is 12.1 Å². The van der Waals surface area contributed by atoms with E-state index in [2.05, 4.69) is 15.1 Å². The van der Waals surface area contributed by atoms with Crippen molar-refractivity contribution in [1.82, 2.24) is 14.8 Å². The Morgan fingerprint density at radius 2 is 1.93 bits per heavy atom. The lowest BCUT2D eigenvalue weighted by molar-refractivity contribution is 0.372. The van der Waals surface area contributed by atoms with Crippen LogP contribution in [0, 0.1) is 5.82 Å². The van der Waals surface area contributed by atoms with Crippen LogP contribution in [0.3, 0.4) is 0 Å². The van der Waals surface area contributed by atoms with Crippen molar-refractivity contribution in [2.45, 2.75) is 19.4 Å². The summed E-state index contributed by atoms with van der Waals surface area (Å²) in [5, 5.41) is 18.7. The SMILES string of the molecule is COc1cc2c(cc1O)CCN(c1nnc(Cc3ccc(F)cc3)n1C)C2. The maximum absolute atomic E-state index is 13.1. The van der Waals surface area contributed by atoms with E-state index >= 15 is 0 Å². The number of fused-ring (bicyclic) bond motifs is 1. The minimum Gasteiger partial charge on any atom is -0.504 e. The third-order valence-electron chi connectivity index (χ3n) is 5.01. The number of benzene rings is 2. The number of anilines is 1. The van der Waals surface area contributed by atoms with Gasteiger partial charge >= 0.3 is 0 Å². The average molecular weight is 368 g/mol. The van der Waals surface area contributed by atoms with Gasteiger partial charge in [0.1, 0.15) is 11.6 Å². The molecule has 0 aliphatic carbocycles. The summed E-state index contributed by atoms with van der Waals surface area (Å²) in [5.41, 5.74) is 3.22. The Balaban J connectivity index is 1.56. The third-order valence-corrected chi connectivity index (χ3v) is 5.01. The molecule has 0 saturated carbocycles. The second-order valence-electron chi connectivity index (χ2n) is 6.74. The predicted octanol–water partition coefficient (Wildman–Crippen LogP) is 2.82. The Bertz CT molecular complexity index is 969. The van der Waals surface area contributed by atoms with Gasteiger partial charge in [0.2, 0.25) is 5.95 Å². The second kappa shape index (κ2) is 6.90. The summed E-state index contributed by atoms with van der Waals surface area (Å²) in [5.74, 6) is 2.02. The molecular formula is C20H21FN4O2. The van der Waals surface area contributed by atoms with Crippen LogP contribution in [0.1, 0.15) is 22.5 Å². The van der Waals surface area contributed by atoms with Crippen molar-refractivity contribution in [1.29, 1.82) is 0 Å². The number of ether oxygens (including phenoxy) is 1. The minimum absolute atomic E-state index is 0.171. The van der Waals surface area contributed by atoms with Gasteiger partial charge in [-0.2, -0.15) is 0 Å². The number of rotatable bonds is 4. The summed E-state index contributed by atoms with van der Waals surface area (Å²) in [7, 11) is 3.49. The number of nitrogens with zero attached hydrogens (tertiary/aromatic N) is 4. The molecule has 0 spiro atoms. The zero-order valence-electron chi connectivity index (χ0n) is 15.3. The molecule has 2 heterocycles. The standard InChI is InChI=1S/C20H21FN4O2/c1-24-19(9-13-3-5-16(21)6-4-13)22-23-20(24)25-8-7-14-10-17(26)18(27-2)11-15(14)12-25/h3-6,10-11,26H,7-9,12H2,1-2H3. The van der Waals surface area contributed by atoms with E-state index in [1.807, 2.05) is 17.7 Å². The van der Waals surface area contributed by atoms with Gasteiger partial charge in [0, 0.05) is 26.6 Å². The highest BCUT2D eigenvalue weighted by molar-refractivity contribution is 5.50. The van der Waals surface area contributed by atoms with E-state index in [0.29, 0.717) is 18.7 Å². The molecule has 3 aromatic rings. The number of hydrogen-bond donors (Lipinski definition) is 1. The van der Waals surface area contributed by atoms with Gasteiger partial charge in [0.15, 0.2) is 11.5 Å². The minimum atomic E-state index is -0.245. The van der Waals surface area contributed by atoms with Crippen molar-refractivity contribution < 1.29 is 14.2 Å². The van der Waals surface area contributed by atoms with E-state index in [1.54, 1.807) is 25.3 Å². The van der Waals surface area contributed by atoms with Crippen LogP contribution in [-0.4, -0.2) is 33.5 Å². The molecule has 1 aliphatic heterocycles. The molecule has 1 aliphatic rings. The summed E-state index contributed by atoms with van der Waals surface area (Å²) in [6, 6.07) is 10.1. The van der Waals surface area contributed by atoms with Crippen LogP contribution >= 0.6 is 0 Å². The molecule has 27 heavy (non-hydrogen) atoms. The van der Waals surface area contributed by atoms with Gasteiger partial charge < -0.3 is 19.3 Å². The largest absolute Gasteiger partial charge is 0.504 e. The molecule has 0 radical (unpaired) electrons. The van der Waals surface area contributed by atoms with E-state index in [4.69, 9.17) is 4.74 Å². The van der Waals surface area contributed by atoms with Crippen LogP contribution in [0.25, 0.3) is 0 Å². The number of aromatic hydroxyl groups is 1. The summed E-state index contributed by atoms with van der Waals surface area (Å²) >= 11 is 0. The molecule has 1 N–H and O–H groups in total. The van der Waals surface area contributed by atoms with E-state index in [-0.39, 0.29) is 11.6 Å². The highest BCUT2D eigenvalue weighted by Gasteiger charge is 2.23. The molecular weight excluding hydrogens is 347 g/mol. The molecule has 0 bridgehead atoms. The quantitative estimate of drug-likeness (QED) is 0.767. The first-order chi connectivity index (χ1) is 13.0. The molecule has 7 heteroatoms. The Kier molecular flexibility index (Phi) is 4.43. The van der Waals surface area contributed by atoms with Gasteiger partial charge in [-0.15, -0.1) is 10.2 Å². The fraction of sp³-hybridized carbons (Fsp3) is 0.300. The Hall–Kier alpha value is -3.09. The fourth-order valence-corrected chi connectivity index (χ4v) is 3.47. The Morgan fingerprint density at radius 3 is 2.67 bits per heavy atom. The fourth-order valence-electron chi connectivity index (χ4n) is 3.47. The van der Waals surface area contributed by atoms with E-state index in [1.165, 1.54) is 12.1 Å². The molecule has 140 valence electrons. The van der Waals surface area contributed by atoms with Crippen LogP contribution < -0.4 is 9.64 Å². The summed E-state index contributed by atoms with van der Waals surface area (Å²) in [6.45, 7) is 1.47. The van der Waals surface area contributed by atoms with Crippen LogP contribution in [0.5, 0.6) is 11.5 Å². The maximum Gasteiger partial charge on any atom is 0.227 e. The lowest BCUT2D eigenvalue weighted by atomic mass is 9.99. The van der Waals surface area contributed by atoms with Crippen LogP contribution in [0.2, 0.25) is 0 Å². The smallest absolute Gasteiger partial charge is 0.227 e. The lowest BCUT2D eigenvalue weighted by Gasteiger charge is -2.29. The van der Waals surface area contributed by atoms with Crippen molar-refractivity contribution in [2.24, 2.45) is 7.05 Å². The van der Waals surface area contributed by atoms with Gasteiger partial charge in [0.25, 0.3) is 0 Å². The first kappa shape index (κ1) is 17.3. The molecule has 0 fully saturated rings. The van der Waals surface area contributed by atoms with Crippen molar-refractivity contribution in [3.05, 3.63) is 64.7 Å². The van der Waals surface area contributed by atoms with Crippen molar-refractivity contribution in [2.75, 3.05) is 18.6 Å². The van der Waals surface area contributed by atoms with E-state index in [0.717, 1.165) is 41.4 Å². The zero-order valence-corrected chi connectivity index (χ0v) is 15.3. The Labute approximate surface area is 156 Å². The summed E-state index contributed by atoms with van der Waals surface area (Å²) in [4.78, 5) is 2.17. The highest BCUT2D eigenvalue weighted by Crippen LogP contribution is 2.33. The first-order valence-electron chi connectivity index (χ1n) is 8.81. The van der Waals surface area contributed by atoms with Gasteiger partial charge in [0.05, 0.1) is 7.11 Å². The van der Waals surface area contributed by atoms with Crippen LogP contribution in [-0.2, 0) is 26.4 Å². The lowest BCUT2D eigenvalue weighted by Crippen LogP contribution is -2.32. The zero-order chi connectivity index (χ0) is 19.0. The van der Waals surface area contributed by atoms with Crippen LogP contribution in [0.4, 0.5) is 10.3 Å². The molecule has 6 nitrogen and oxygen atoms in total. The van der Waals surface area contributed by atoms with E-state index in [9.17, 15) is 9.50 Å². The number of halogens is 1. The third kappa shape index (κ3) is 3.32. The summed E-state index contributed by atoms with van der Waals surface area (Å²) in [6.07, 6.45) is 1.41. The average Bonchev–Trinajstić information content (AvgIpc) is 3.03. The number of aromatic nitrogens is 3. The molecule has 0 atom stereocenters. The van der Waals surface area contributed by atoms with Crippen molar-refractivity contribution in [3.8, 4) is 11.5 Å². The maximum atomic E-state index is 13.1. The monoisotopic (exact) mass is 368 g/mol. The number of phenols is 1. The van der Waals surface area contributed by atoms with Gasteiger partial charge in [-0.05, 0) is 47.4 Å². The van der Waals surface area contributed by atoms with E-state index < -0.39 is 0 Å². The number of methoxy groups -OCH3 is 1. The topological polar surface area (TPSA) is 63.4 Å². The molecule has 0 saturated heterocycles. The molecule has 2 aromatic carbocycles. The molecule has 0 amide bonds. The number of phenolic OH excluding ortho intramolecular Hbond substituents is 1. The molecule has 0 unspecified atom stereocenters. The summed E-state index contributed by atoms with van der Waals surface area (Å²) < 4.78 is 20.3.